The molecule has 0 unspecified atom stereocenters. The van der Waals surface area contributed by atoms with Gasteiger partial charge in [0.25, 0.3) is 0 Å². The van der Waals surface area contributed by atoms with Crippen LogP contribution < -0.4 is 22.2 Å². The Hall–Kier alpha value is -1.44. The van der Waals surface area contributed by atoms with Gasteiger partial charge < -0.3 is 26.5 Å². The van der Waals surface area contributed by atoms with Crippen LogP contribution in [0.25, 0.3) is 11.0 Å². The largest absolute Gasteiger partial charge is 0.396 e. The lowest BCUT2D eigenvalue weighted by atomic mass is 10.3. The van der Waals surface area contributed by atoms with E-state index in [0.717, 1.165) is 29.3 Å². The second-order valence-corrected chi connectivity index (χ2v) is 7.91. The number of nitrogens with two attached hydrogens (primary N) is 2. The van der Waals surface area contributed by atoms with Gasteiger partial charge in [0.2, 0.25) is 5.95 Å². The fraction of sp³-hybridized carbons (Fsp3) is 0.467. The molecule has 142 valence electrons. The number of nitrogens with one attached hydrogen (secondary N) is 2. The third kappa shape index (κ3) is 5.05. The molecule has 0 atom stereocenters. The minimum atomic E-state index is 0.0790. The van der Waals surface area contributed by atoms with Crippen LogP contribution in [0.2, 0.25) is 0 Å². The summed E-state index contributed by atoms with van der Waals surface area (Å²) >= 11 is 2.22. The lowest BCUT2D eigenvalue weighted by Gasteiger charge is -2.15. The molecule has 2 aromatic rings. The van der Waals surface area contributed by atoms with E-state index in [2.05, 4.69) is 41.8 Å². The van der Waals surface area contributed by atoms with Gasteiger partial charge in [-0.1, -0.05) is 0 Å². The van der Waals surface area contributed by atoms with Crippen molar-refractivity contribution < 1.29 is 5.11 Å². The first-order valence-corrected chi connectivity index (χ1v) is 11.7. The molecule has 9 nitrogen and oxygen atoms in total. The van der Waals surface area contributed by atoms with Gasteiger partial charge in [0, 0.05) is 56.2 Å². The molecule has 0 radical (unpaired) electrons. The summed E-state index contributed by atoms with van der Waals surface area (Å²) in [7, 11) is 1.54. The van der Waals surface area contributed by atoms with Crippen LogP contribution in [0, 0.1) is 5.92 Å². The maximum absolute atomic E-state index is 8.86. The van der Waals surface area contributed by atoms with Gasteiger partial charge in [-0.15, -0.1) is 0 Å². The second kappa shape index (κ2) is 8.97. The molecular formula is C15H23IN8OS. The molecule has 1 saturated carbocycles. The number of hydrogen-bond donors (Lipinski definition) is 5. The van der Waals surface area contributed by atoms with E-state index in [-0.39, 0.29) is 6.61 Å². The highest BCUT2D eigenvalue weighted by molar-refractivity contribution is 14.2. The van der Waals surface area contributed by atoms with E-state index in [1.807, 2.05) is 16.2 Å². The number of rotatable bonds is 10. The van der Waals surface area contributed by atoms with Crippen molar-refractivity contribution in [2.75, 3.05) is 30.3 Å². The number of aliphatic hydroxyl groups is 1. The number of aliphatic hydroxyl groups excluding tert-OH is 1. The predicted molar refractivity (Wildman–Crippen MR) is 114 cm³/mol. The quantitative estimate of drug-likeness (QED) is 0.192. The minimum Gasteiger partial charge on any atom is -0.396 e. The van der Waals surface area contributed by atoms with Gasteiger partial charge in [-0.2, -0.15) is 9.97 Å². The molecule has 0 amide bonds. The number of hydrazine groups is 1. The Morgan fingerprint density at radius 3 is 3.00 bits per heavy atom. The van der Waals surface area contributed by atoms with Crippen LogP contribution in [0.4, 0.5) is 11.8 Å². The molecule has 2 aromatic heterocycles. The van der Waals surface area contributed by atoms with Crippen molar-refractivity contribution >= 4 is 53.1 Å². The van der Waals surface area contributed by atoms with Crippen LogP contribution >= 0.6 is 30.3 Å². The van der Waals surface area contributed by atoms with Crippen molar-refractivity contribution in [2.45, 2.75) is 19.3 Å². The van der Waals surface area contributed by atoms with Crippen LogP contribution in [0.3, 0.4) is 0 Å². The van der Waals surface area contributed by atoms with E-state index in [9.17, 15) is 0 Å². The Bertz CT molecular complexity index is 778. The average molecular weight is 490 g/mol. The lowest BCUT2D eigenvalue weighted by Crippen LogP contribution is -2.29. The highest BCUT2D eigenvalue weighted by Gasteiger charge is 2.22. The van der Waals surface area contributed by atoms with Crippen molar-refractivity contribution in [3.8, 4) is 0 Å². The third-order valence-corrected chi connectivity index (χ3v) is 5.69. The molecule has 11 heteroatoms. The average Bonchev–Trinajstić information content (AvgIpc) is 3.35. The molecular weight excluding hydrogens is 467 g/mol. The van der Waals surface area contributed by atoms with Gasteiger partial charge in [0.15, 0.2) is 5.65 Å². The first kappa shape index (κ1) is 19.3. The summed E-state index contributed by atoms with van der Waals surface area (Å²) in [6.07, 6.45) is 6.64. The van der Waals surface area contributed by atoms with Crippen LogP contribution in [-0.4, -0.2) is 43.8 Å². The van der Waals surface area contributed by atoms with E-state index >= 15 is 0 Å². The zero-order valence-electron chi connectivity index (χ0n) is 14.2. The summed E-state index contributed by atoms with van der Waals surface area (Å²) in [5.41, 5.74) is 6.82. The highest BCUT2D eigenvalue weighted by Crippen LogP contribution is 2.32. The van der Waals surface area contributed by atoms with Crippen molar-refractivity contribution in [1.29, 1.82) is 0 Å². The van der Waals surface area contributed by atoms with Gasteiger partial charge >= 0.3 is 0 Å². The van der Waals surface area contributed by atoms with Crippen LogP contribution in [0.5, 0.6) is 0 Å². The summed E-state index contributed by atoms with van der Waals surface area (Å²) in [6.45, 7) is 1.49. The molecule has 1 fully saturated rings. The zero-order chi connectivity index (χ0) is 18.5. The molecule has 1 aliphatic rings. The monoisotopic (exact) mass is 490 g/mol. The maximum atomic E-state index is 8.86. The predicted octanol–water partition coefficient (Wildman–Crippen LogP) is 1.83. The van der Waals surface area contributed by atoms with Crippen LogP contribution in [0.15, 0.2) is 24.3 Å². The molecule has 3 rings (SSSR count). The van der Waals surface area contributed by atoms with Crippen molar-refractivity contribution in [2.24, 2.45) is 17.5 Å². The van der Waals surface area contributed by atoms with Gasteiger partial charge in [0.1, 0.15) is 11.6 Å². The van der Waals surface area contributed by atoms with Crippen LogP contribution in [-0.2, 0) is 0 Å². The molecule has 1 aliphatic carbocycles. The number of hydrogen-bond acceptors (Lipinski definition) is 9. The Morgan fingerprint density at radius 2 is 2.31 bits per heavy atom. The van der Waals surface area contributed by atoms with E-state index in [1.165, 1.54) is 17.9 Å². The number of halogens is 1. The summed E-state index contributed by atoms with van der Waals surface area (Å²) in [5, 5.41) is 17.7. The topological polar surface area (TPSA) is 130 Å². The van der Waals surface area contributed by atoms with Crippen molar-refractivity contribution in [3.05, 3.63) is 24.3 Å². The fourth-order valence-corrected chi connectivity index (χ4v) is 3.72. The van der Waals surface area contributed by atoms with Crippen LogP contribution in [0.1, 0.15) is 19.3 Å². The smallest absolute Gasteiger partial charge is 0.232 e. The lowest BCUT2D eigenvalue weighted by molar-refractivity contribution is 0.260. The Kier molecular flexibility index (Phi) is 6.67. The summed E-state index contributed by atoms with van der Waals surface area (Å²) in [4.78, 5) is 9.15. The van der Waals surface area contributed by atoms with Gasteiger partial charge in [-0.05, 0) is 31.2 Å². The number of aromatic nitrogens is 3. The highest BCUT2D eigenvalue weighted by atomic mass is 127. The van der Waals surface area contributed by atoms with Gasteiger partial charge in [0.05, 0.1) is 11.6 Å². The first-order valence-electron chi connectivity index (χ1n) is 8.39. The number of nitrogens with zero attached hydrogens (tertiary/aromatic N) is 4. The molecule has 2 heterocycles. The summed E-state index contributed by atoms with van der Waals surface area (Å²) in [6, 6.07) is 2.01. The van der Waals surface area contributed by atoms with Gasteiger partial charge in [-0.25, -0.2) is 5.84 Å². The summed E-state index contributed by atoms with van der Waals surface area (Å²) < 4.78 is 1.97. The SMILES string of the molecule is N/C(=C\N(N)CCCO)Nc1nc(NCC2CC2)c2ccn(SI)c2n1. The molecule has 0 aliphatic heterocycles. The minimum absolute atomic E-state index is 0.0790. The number of anilines is 2. The standard InChI is InChI=1S/C15H23IN8OS/c16-26-24-6-4-11-13(19-8-10-2-3-10)21-15(22-14(11)24)20-12(17)9-23(18)5-1-7-25/h4,6,9-10,25H,1-3,5,7-8,17-18H2,(H2,19,20,21,22)/b12-9+. The first-order chi connectivity index (χ1) is 12.6. The normalized spacial score (nSPS) is 14.7. The zero-order valence-corrected chi connectivity index (χ0v) is 17.2. The molecule has 0 bridgehead atoms. The van der Waals surface area contributed by atoms with E-state index < -0.39 is 0 Å². The van der Waals surface area contributed by atoms with E-state index in [0.29, 0.717) is 24.7 Å². The van der Waals surface area contributed by atoms with Gasteiger partial charge in [-0.3, -0.25) is 3.97 Å². The Morgan fingerprint density at radius 1 is 1.50 bits per heavy atom. The molecule has 26 heavy (non-hydrogen) atoms. The Labute approximate surface area is 168 Å². The maximum Gasteiger partial charge on any atom is 0.232 e. The fourth-order valence-electron chi connectivity index (χ4n) is 2.46. The van der Waals surface area contributed by atoms with E-state index in [1.54, 1.807) is 15.3 Å². The number of fused-ring (bicyclic) bond motifs is 1. The molecule has 7 N–H and O–H groups in total. The molecule has 0 saturated heterocycles. The Balaban J connectivity index is 1.81. The van der Waals surface area contributed by atoms with Crippen molar-refractivity contribution in [3.63, 3.8) is 0 Å². The second-order valence-electron chi connectivity index (χ2n) is 6.19. The van der Waals surface area contributed by atoms with Crippen molar-refractivity contribution in [1.82, 2.24) is 18.9 Å². The van der Waals surface area contributed by atoms with E-state index in [4.69, 9.17) is 16.7 Å². The molecule has 0 aromatic carbocycles. The third-order valence-electron chi connectivity index (χ3n) is 3.98. The molecule has 0 spiro atoms. The summed E-state index contributed by atoms with van der Waals surface area (Å²) in [5.74, 6) is 8.09.